The summed E-state index contributed by atoms with van der Waals surface area (Å²) in [4.78, 5) is 0. The van der Waals surface area contributed by atoms with Gasteiger partial charge in [-0.1, -0.05) is 0 Å². The number of halogens is 8. The summed E-state index contributed by atoms with van der Waals surface area (Å²) in [7, 11) is 0. The summed E-state index contributed by atoms with van der Waals surface area (Å²) in [5, 5.41) is 8.89. The molecule has 0 fully saturated rings. The topological polar surface area (TPSA) is 29.5 Å². The highest BCUT2D eigenvalue weighted by Gasteiger charge is 2.48. The highest BCUT2D eigenvalue weighted by atomic mass is 19.4. The Labute approximate surface area is 99.8 Å². The van der Waals surface area contributed by atoms with Crippen molar-refractivity contribution in [2.24, 2.45) is 0 Å². The Hall–Kier alpha value is -1.74. The molecule has 0 bridgehead atoms. The number of benzene rings is 1. The van der Waals surface area contributed by atoms with E-state index in [9.17, 15) is 35.1 Å². The van der Waals surface area contributed by atoms with Crippen molar-refractivity contribution in [1.29, 1.82) is 0 Å². The van der Waals surface area contributed by atoms with Gasteiger partial charge >= 0.3 is 19.0 Å². The van der Waals surface area contributed by atoms with Gasteiger partial charge in [0.05, 0.1) is 0 Å². The van der Waals surface area contributed by atoms with Gasteiger partial charge in [0.1, 0.15) is 22.6 Å². The van der Waals surface area contributed by atoms with Crippen molar-refractivity contribution in [3.05, 3.63) is 23.3 Å². The van der Waals surface area contributed by atoms with E-state index in [0.29, 0.717) is 0 Å². The smallest absolute Gasteiger partial charge is 0.420 e. The summed E-state index contributed by atoms with van der Waals surface area (Å²) in [6.45, 7) is -3.74. The van der Waals surface area contributed by atoms with Crippen molar-refractivity contribution in [1.82, 2.24) is 0 Å². The summed E-state index contributed by atoms with van der Waals surface area (Å²) < 4.78 is 102. The van der Waals surface area contributed by atoms with E-state index in [1.807, 2.05) is 0 Å². The number of alkyl halides is 8. The number of rotatable bonds is 2. The third-order valence-electron chi connectivity index (χ3n) is 1.93. The van der Waals surface area contributed by atoms with Gasteiger partial charge in [-0.25, -0.2) is 0 Å². The first-order valence-corrected chi connectivity index (χ1v) is 4.39. The van der Waals surface area contributed by atoms with E-state index >= 15 is 0 Å². The molecule has 0 aliphatic carbocycles. The fraction of sp³-hybridized carbons (Fsp3) is 0.333. The maximum absolute atomic E-state index is 12.5. The molecule has 10 heteroatoms. The monoisotopic (exact) mass is 296 g/mol. The van der Waals surface area contributed by atoms with Crippen LogP contribution in [0.4, 0.5) is 35.1 Å². The van der Waals surface area contributed by atoms with Gasteiger partial charge in [0.2, 0.25) is 0 Å². The summed E-state index contributed by atoms with van der Waals surface area (Å²) in [5.41, 5.74) is -4.97. The molecule has 0 aliphatic rings. The maximum Gasteiger partial charge on any atom is 0.420 e. The summed E-state index contributed by atoms with van der Waals surface area (Å²) in [5.74, 6) is -3.45. The Morgan fingerprint density at radius 3 is 1.74 bits per heavy atom. The predicted molar refractivity (Wildman–Crippen MR) is 44.7 cm³/mol. The molecular weight excluding hydrogens is 292 g/mol. The van der Waals surface area contributed by atoms with Crippen LogP contribution in [0.1, 0.15) is 11.1 Å². The molecule has 0 aromatic heterocycles. The van der Waals surface area contributed by atoms with E-state index in [2.05, 4.69) is 4.74 Å². The second-order valence-electron chi connectivity index (χ2n) is 3.21. The van der Waals surface area contributed by atoms with Crippen LogP contribution in [0.3, 0.4) is 0 Å². The van der Waals surface area contributed by atoms with E-state index in [4.69, 9.17) is 5.11 Å². The first-order chi connectivity index (χ1) is 8.44. The first kappa shape index (κ1) is 15.3. The number of phenolic OH excluding ortho intramolecular Hbond substituents is 1. The van der Waals surface area contributed by atoms with Crippen LogP contribution in [0.5, 0.6) is 11.5 Å². The first-order valence-electron chi connectivity index (χ1n) is 4.39. The van der Waals surface area contributed by atoms with Gasteiger partial charge in [-0.3, -0.25) is 0 Å². The van der Waals surface area contributed by atoms with Gasteiger partial charge in [-0.2, -0.15) is 35.1 Å². The number of ether oxygens (including phenoxy) is 1. The van der Waals surface area contributed by atoms with Gasteiger partial charge in [-0.05, 0) is 12.1 Å². The lowest BCUT2D eigenvalue weighted by molar-refractivity contribution is -0.165. The number of hydrogen-bond acceptors (Lipinski definition) is 2. The van der Waals surface area contributed by atoms with E-state index < -0.39 is 41.6 Å². The van der Waals surface area contributed by atoms with Crippen LogP contribution in [-0.4, -0.2) is 11.7 Å². The lowest BCUT2D eigenvalue weighted by atomic mass is 10.0. The minimum Gasteiger partial charge on any atom is -0.507 e. The van der Waals surface area contributed by atoms with Crippen LogP contribution in [-0.2, 0) is 12.4 Å². The van der Waals surface area contributed by atoms with Crippen LogP contribution in [0, 0.1) is 0 Å². The molecule has 108 valence electrons. The minimum atomic E-state index is -5.63. The molecule has 1 aromatic carbocycles. The van der Waals surface area contributed by atoms with E-state index in [-0.39, 0.29) is 12.1 Å². The standard InChI is InChI=1S/C9H4F8O2/c10-7(11)19-4-2-1-3(18)5(8(12,13)14)6(4)9(15,16)17/h1-2,7,18H. The van der Waals surface area contributed by atoms with E-state index in [0.717, 1.165) is 0 Å². The molecule has 0 saturated heterocycles. The highest BCUT2D eigenvalue weighted by molar-refractivity contribution is 5.51. The molecule has 2 nitrogen and oxygen atoms in total. The largest absolute Gasteiger partial charge is 0.507 e. The van der Waals surface area contributed by atoms with Gasteiger partial charge in [0.25, 0.3) is 0 Å². The molecule has 0 unspecified atom stereocenters. The van der Waals surface area contributed by atoms with Crippen molar-refractivity contribution in [3.63, 3.8) is 0 Å². The van der Waals surface area contributed by atoms with Crippen molar-refractivity contribution in [3.8, 4) is 11.5 Å². The fourth-order valence-electron chi connectivity index (χ4n) is 1.34. The zero-order valence-electron chi connectivity index (χ0n) is 8.61. The van der Waals surface area contributed by atoms with Gasteiger partial charge in [0, 0.05) is 0 Å². The molecule has 1 aromatic rings. The lowest BCUT2D eigenvalue weighted by Gasteiger charge is -2.19. The quantitative estimate of drug-likeness (QED) is 0.835. The minimum absolute atomic E-state index is 0.180. The molecule has 0 atom stereocenters. The molecule has 0 saturated carbocycles. The summed E-state index contributed by atoms with van der Waals surface area (Å²) in [6, 6.07) is 0.370. The lowest BCUT2D eigenvalue weighted by Crippen LogP contribution is -2.19. The second-order valence-corrected chi connectivity index (χ2v) is 3.21. The highest BCUT2D eigenvalue weighted by Crippen LogP contribution is 2.48. The van der Waals surface area contributed by atoms with Crippen LogP contribution in [0.15, 0.2) is 12.1 Å². The molecule has 1 N–H and O–H groups in total. The van der Waals surface area contributed by atoms with Crippen molar-refractivity contribution < 1.29 is 45.0 Å². The zero-order valence-corrected chi connectivity index (χ0v) is 8.61. The zero-order chi connectivity index (χ0) is 15.0. The number of aromatic hydroxyl groups is 1. The van der Waals surface area contributed by atoms with Gasteiger partial charge < -0.3 is 9.84 Å². The third-order valence-corrected chi connectivity index (χ3v) is 1.93. The molecular formula is C9H4F8O2. The van der Waals surface area contributed by atoms with Crippen molar-refractivity contribution in [2.75, 3.05) is 0 Å². The molecule has 0 aliphatic heterocycles. The Balaban J connectivity index is 3.61. The van der Waals surface area contributed by atoms with E-state index in [1.54, 1.807) is 0 Å². The second kappa shape index (κ2) is 4.74. The van der Waals surface area contributed by atoms with Crippen LogP contribution < -0.4 is 4.74 Å². The predicted octanol–water partition coefficient (Wildman–Crippen LogP) is 4.03. The average molecular weight is 296 g/mol. The molecule has 0 heterocycles. The Morgan fingerprint density at radius 2 is 1.37 bits per heavy atom. The average Bonchev–Trinajstić information content (AvgIpc) is 2.15. The third kappa shape index (κ3) is 3.38. The maximum atomic E-state index is 12.5. The number of hydrogen-bond donors (Lipinski definition) is 1. The molecule has 0 radical (unpaired) electrons. The molecule has 0 spiro atoms. The van der Waals surface area contributed by atoms with Gasteiger partial charge in [0.15, 0.2) is 0 Å². The van der Waals surface area contributed by atoms with Crippen LogP contribution in [0.2, 0.25) is 0 Å². The SMILES string of the molecule is Oc1ccc(OC(F)F)c(C(F)(F)F)c1C(F)(F)F. The van der Waals surface area contributed by atoms with Crippen LogP contribution >= 0.6 is 0 Å². The van der Waals surface area contributed by atoms with Crippen molar-refractivity contribution >= 4 is 0 Å². The fourth-order valence-corrected chi connectivity index (χ4v) is 1.34. The molecule has 0 amide bonds. The Bertz CT molecular complexity index is 463. The van der Waals surface area contributed by atoms with Gasteiger partial charge in [-0.15, -0.1) is 0 Å². The Morgan fingerprint density at radius 1 is 0.895 bits per heavy atom. The normalized spacial score (nSPS) is 12.9. The summed E-state index contributed by atoms with van der Waals surface area (Å²) >= 11 is 0. The van der Waals surface area contributed by atoms with Crippen LogP contribution in [0.25, 0.3) is 0 Å². The molecule has 19 heavy (non-hydrogen) atoms. The number of phenols is 1. The van der Waals surface area contributed by atoms with E-state index in [1.165, 1.54) is 0 Å². The molecule has 1 rings (SSSR count). The Kier molecular flexibility index (Phi) is 3.82. The summed E-state index contributed by atoms with van der Waals surface area (Å²) in [6.07, 6.45) is -11.2. The van der Waals surface area contributed by atoms with Crippen molar-refractivity contribution in [2.45, 2.75) is 19.0 Å².